The van der Waals surface area contributed by atoms with Crippen LogP contribution in [0.15, 0.2) is 30.3 Å². The molecule has 0 aliphatic rings. The predicted octanol–water partition coefficient (Wildman–Crippen LogP) is 1.48. The van der Waals surface area contributed by atoms with E-state index in [1.165, 1.54) is 0 Å². The molecule has 0 spiro atoms. The maximum absolute atomic E-state index is 9.76. The highest BCUT2D eigenvalue weighted by atomic mass is 16.7. The third kappa shape index (κ3) is 3.12. The van der Waals surface area contributed by atoms with Crippen LogP contribution in [-0.2, 0) is 11.3 Å². The SMILES string of the molecule is O=[N+]([O-])[C]OCc1ccccc1. The molecule has 4 heteroatoms. The zero-order valence-electron chi connectivity index (χ0n) is 6.27. The maximum Gasteiger partial charge on any atom is 0.540 e. The van der Waals surface area contributed by atoms with Gasteiger partial charge in [0.15, 0.2) is 0 Å². The standard InChI is InChI=1S/C8H7NO3/c10-9(11)7-12-6-8-4-2-1-3-5-8/h1-5H,6H2. The van der Waals surface area contributed by atoms with Crippen molar-refractivity contribution in [1.29, 1.82) is 0 Å². The van der Waals surface area contributed by atoms with Gasteiger partial charge in [0.05, 0.1) is 11.5 Å². The molecule has 0 saturated carbocycles. The van der Waals surface area contributed by atoms with Crippen LogP contribution in [0.5, 0.6) is 0 Å². The molecule has 0 bridgehead atoms. The molecule has 1 aromatic carbocycles. The van der Waals surface area contributed by atoms with Crippen LogP contribution in [-0.4, -0.2) is 4.92 Å². The van der Waals surface area contributed by atoms with Gasteiger partial charge in [-0.05, 0) is 5.56 Å². The van der Waals surface area contributed by atoms with E-state index in [9.17, 15) is 10.1 Å². The van der Waals surface area contributed by atoms with Gasteiger partial charge in [0, 0.05) is 0 Å². The van der Waals surface area contributed by atoms with Crippen molar-refractivity contribution < 1.29 is 9.66 Å². The first-order valence-electron chi connectivity index (χ1n) is 3.35. The van der Waals surface area contributed by atoms with Crippen molar-refractivity contribution in [2.75, 3.05) is 0 Å². The Labute approximate surface area is 69.9 Å². The van der Waals surface area contributed by atoms with Gasteiger partial charge < -0.3 is 0 Å². The van der Waals surface area contributed by atoms with Crippen molar-refractivity contribution in [3.8, 4) is 0 Å². The van der Waals surface area contributed by atoms with Crippen LogP contribution in [0, 0.1) is 16.8 Å². The third-order valence-corrected chi connectivity index (χ3v) is 1.22. The van der Waals surface area contributed by atoms with Gasteiger partial charge in [0.2, 0.25) is 0 Å². The molecule has 1 rings (SSSR count). The van der Waals surface area contributed by atoms with Gasteiger partial charge in [0.25, 0.3) is 0 Å². The van der Waals surface area contributed by atoms with Crippen LogP contribution in [0.1, 0.15) is 5.56 Å². The number of rotatable bonds is 4. The van der Waals surface area contributed by atoms with E-state index in [1.807, 2.05) is 30.3 Å². The van der Waals surface area contributed by atoms with Crippen LogP contribution >= 0.6 is 0 Å². The molecule has 0 aliphatic carbocycles. The van der Waals surface area contributed by atoms with Crippen molar-refractivity contribution in [3.05, 3.63) is 52.7 Å². The van der Waals surface area contributed by atoms with Gasteiger partial charge in [-0.2, -0.15) is 0 Å². The third-order valence-electron chi connectivity index (χ3n) is 1.22. The molecule has 0 aliphatic heterocycles. The number of nitro groups is 1. The highest BCUT2D eigenvalue weighted by molar-refractivity contribution is 5.13. The van der Waals surface area contributed by atoms with Crippen molar-refractivity contribution >= 4 is 0 Å². The van der Waals surface area contributed by atoms with E-state index in [0.717, 1.165) is 5.56 Å². The smallest absolute Gasteiger partial charge is 0.293 e. The van der Waals surface area contributed by atoms with Gasteiger partial charge in [-0.15, -0.1) is 0 Å². The zero-order chi connectivity index (χ0) is 8.81. The summed E-state index contributed by atoms with van der Waals surface area (Å²) in [6.07, 6.45) is 0. The molecular formula is C8H7NO3. The van der Waals surface area contributed by atoms with E-state index < -0.39 is 4.92 Å². The van der Waals surface area contributed by atoms with Gasteiger partial charge in [-0.25, -0.2) is 0 Å². The van der Waals surface area contributed by atoms with Crippen LogP contribution in [0.4, 0.5) is 0 Å². The molecule has 2 radical (unpaired) electrons. The predicted molar refractivity (Wildman–Crippen MR) is 41.5 cm³/mol. The Bertz CT molecular complexity index is 248. The fraction of sp³-hybridized carbons (Fsp3) is 0.125. The first-order chi connectivity index (χ1) is 5.79. The molecule has 0 amide bonds. The second-order valence-corrected chi connectivity index (χ2v) is 2.12. The molecule has 0 saturated heterocycles. The molecule has 0 unspecified atom stereocenters. The average molecular weight is 165 g/mol. The highest BCUT2D eigenvalue weighted by Crippen LogP contribution is 2.00. The fourth-order valence-corrected chi connectivity index (χ4v) is 0.743. The maximum atomic E-state index is 9.76. The summed E-state index contributed by atoms with van der Waals surface area (Å²) in [6.45, 7) is 1.80. The van der Waals surface area contributed by atoms with Crippen LogP contribution in [0.2, 0.25) is 0 Å². The number of hydrogen-bond donors (Lipinski definition) is 0. The molecule has 4 nitrogen and oxygen atoms in total. The minimum absolute atomic E-state index is 0.182. The normalized spacial score (nSPS) is 9.67. The van der Waals surface area contributed by atoms with Gasteiger partial charge >= 0.3 is 6.73 Å². The Balaban J connectivity index is 2.29. The Morgan fingerprint density at radius 3 is 2.67 bits per heavy atom. The molecule has 12 heavy (non-hydrogen) atoms. The largest absolute Gasteiger partial charge is 0.540 e. The Morgan fingerprint density at radius 1 is 1.42 bits per heavy atom. The molecule has 62 valence electrons. The molecule has 0 atom stereocenters. The zero-order valence-corrected chi connectivity index (χ0v) is 6.27. The van der Waals surface area contributed by atoms with Gasteiger partial charge in [-0.1, -0.05) is 30.3 Å². The topological polar surface area (TPSA) is 52.4 Å². The summed E-state index contributed by atoms with van der Waals surface area (Å²) >= 11 is 0. The van der Waals surface area contributed by atoms with E-state index in [-0.39, 0.29) is 6.61 Å². The van der Waals surface area contributed by atoms with Crippen molar-refractivity contribution in [3.63, 3.8) is 0 Å². The summed E-state index contributed by atoms with van der Waals surface area (Å²) in [5.74, 6) is 0. The van der Waals surface area contributed by atoms with E-state index in [2.05, 4.69) is 4.74 Å². The Hall–Kier alpha value is -1.42. The molecule has 0 fully saturated rings. The van der Waals surface area contributed by atoms with Crippen LogP contribution in [0.3, 0.4) is 0 Å². The van der Waals surface area contributed by atoms with Crippen molar-refractivity contribution in [2.24, 2.45) is 0 Å². The minimum atomic E-state index is -0.747. The summed E-state index contributed by atoms with van der Waals surface area (Å²) in [4.78, 5) is 9.01. The Kier molecular flexibility index (Phi) is 3.22. The average Bonchev–Trinajstić information content (AvgIpc) is 2.05. The second-order valence-electron chi connectivity index (χ2n) is 2.12. The number of ether oxygens (including phenoxy) is 1. The first-order valence-corrected chi connectivity index (χ1v) is 3.35. The lowest BCUT2D eigenvalue weighted by Gasteiger charge is -1.95. The van der Waals surface area contributed by atoms with Crippen molar-refractivity contribution in [2.45, 2.75) is 6.61 Å². The number of nitrogens with zero attached hydrogens (tertiary/aromatic N) is 1. The van der Waals surface area contributed by atoms with Crippen LogP contribution in [0.25, 0.3) is 0 Å². The van der Waals surface area contributed by atoms with E-state index in [0.29, 0.717) is 0 Å². The van der Waals surface area contributed by atoms with Crippen molar-refractivity contribution in [1.82, 2.24) is 0 Å². The molecular weight excluding hydrogens is 158 g/mol. The monoisotopic (exact) mass is 165 g/mol. The summed E-state index contributed by atoms with van der Waals surface area (Å²) in [5, 5.41) is 9.76. The molecule has 0 heterocycles. The quantitative estimate of drug-likeness (QED) is 0.385. The van der Waals surface area contributed by atoms with Gasteiger partial charge in [-0.3, -0.25) is 14.9 Å². The summed E-state index contributed by atoms with van der Waals surface area (Å²) in [6, 6.07) is 9.18. The van der Waals surface area contributed by atoms with E-state index >= 15 is 0 Å². The lowest BCUT2D eigenvalue weighted by Crippen LogP contribution is -1.98. The molecule has 0 aromatic heterocycles. The molecule has 1 aromatic rings. The Morgan fingerprint density at radius 2 is 2.08 bits per heavy atom. The lowest BCUT2D eigenvalue weighted by atomic mass is 10.2. The summed E-state index contributed by atoms with van der Waals surface area (Å²) in [7, 11) is 0. The summed E-state index contributed by atoms with van der Waals surface area (Å²) < 4.78 is 4.53. The first kappa shape index (κ1) is 8.67. The number of benzene rings is 1. The fourth-order valence-electron chi connectivity index (χ4n) is 0.743. The number of hydrogen-bond acceptors (Lipinski definition) is 3. The lowest BCUT2D eigenvalue weighted by molar-refractivity contribution is -0.477. The molecule has 0 N–H and O–H groups in total. The highest BCUT2D eigenvalue weighted by Gasteiger charge is 2.03. The van der Waals surface area contributed by atoms with E-state index in [1.54, 1.807) is 6.73 Å². The van der Waals surface area contributed by atoms with Crippen LogP contribution < -0.4 is 0 Å². The van der Waals surface area contributed by atoms with Gasteiger partial charge in [0.1, 0.15) is 0 Å². The second kappa shape index (κ2) is 4.46. The minimum Gasteiger partial charge on any atom is -0.293 e. The summed E-state index contributed by atoms with van der Waals surface area (Å²) in [5.41, 5.74) is 0.881. The van der Waals surface area contributed by atoms with E-state index in [4.69, 9.17) is 0 Å².